The number of nitrogens with two attached hydrogens (primary N) is 1. The van der Waals surface area contributed by atoms with E-state index in [0.717, 1.165) is 12.2 Å². The standard InChI is InChI=1S/C10H13ClN2O/c1-7-4-10(7,12)6-14-8-2-3-9(11)13-5-8/h2-3,5,7H,4,6,12H2,1H3. The number of halogens is 1. The second kappa shape index (κ2) is 3.41. The maximum atomic E-state index is 6.00. The molecule has 14 heavy (non-hydrogen) atoms. The number of aromatic nitrogens is 1. The quantitative estimate of drug-likeness (QED) is 0.778. The summed E-state index contributed by atoms with van der Waals surface area (Å²) in [4.78, 5) is 3.92. The first kappa shape index (κ1) is 9.74. The van der Waals surface area contributed by atoms with Gasteiger partial charge in [0, 0.05) is 0 Å². The maximum Gasteiger partial charge on any atom is 0.137 e. The van der Waals surface area contributed by atoms with Gasteiger partial charge in [-0.2, -0.15) is 0 Å². The van der Waals surface area contributed by atoms with E-state index in [4.69, 9.17) is 22.1 Å². The number of nitrogens with zero attached hydrogens (tertiary/aromatic N) is 1. The Hall–Kier alpha value is -0.800. The van der Waals surface area contributed by atoms with Crippen LogP contribution in [0.1, 0.15) is 13.3 Å². The molecular formula is C10H13ClN2O. The summed E-state index contributed by atoms with van der Waals surface area (Å²) in [6.45, 7) is 2.68. The van der Waals surface area contributed by atoms with Crippen LogP contribution in [0, 0.1) is 5.92 Å². The average Bonchev–Trinajstić information content (AvgIpc) is 2.74. The van der Waals surface area contributed by atoms with Crippen LogP contribution < -0.4 is 10.5 Å². The van der Waals surface area contributed by atoms with Gasteiger partial charge in [-0.1, -0.05) is 18.5 Å². The second-order valence-electron chi connectivity index (χ2n) is 3.94. The molecule has 2 atom stereocenters. The maximum absolute atomic E-state index is 6.00. The third-order valence-corrected chi connectivity index (χ3v) is 2.94. The summed E-state index contributed by atoms with van der Waals surface area (Å²) in [5, 5.41) is 0.472. The van der Waals surface area contributed by atoms with Crippen LogP contribution in [0.15, 0.2) is 18.3 Å². The Morgan fingerprint density at radius 1 is 1.71 bits per heavy atom. The SMILES string of the molecule is CC1CC1(N)COc1ccc(Cl)nc1. The van der Waals surface area contributed by atoms with E-state index in [-0.39, 0.29) is 5.54 Å². The predicted molar refractivity (Wildman–Crippen MR) is 55.4 cm³/mol. The molecule has 0 amide bonds. The van der Waals surface area contributed by atoms with Gasteiger partial charge in [-0.3, -0.25) is 0 Å². The molecule has 4 heteroatoms. The lowest BCUT2D eigenvalue weighted by Crippen LogP contribution is -2.32. The van der Waals surface area contributed by atoms with E-state index in [9.17, 15) is 0 Å². The van der Waals surface area contributed by atoms with Crippen LogP contribution in [-0.2, 0) is 0 Å². The van der Waals surface area contributed by atoms with E-state index in [1.165, 1.54) is 0 Å². The minimum atomic E-state index is -0.125. The fourth-order valence-corrected chi connectivity index (χ4v) is 1.49. The van der Waals surface area contributed by atoms with Crippen molar-refractivity contribution in [2.24, 2.45) is 11.7 Å². The van der Waals surface area contributed by atoms with Crippen LogP contribution >= 0.6 is 11.6 Å². The highest BCUT2D eigenvalue weighted by molar-refractivity contribution is 6.29. The van der Waals surface area contributed by atoms with Crippen molar-refractivity contribution in [3.05, 3.63) is 23.5 Å². The van der Waals surface area contributed by atoms with Gasteiger partial charge in [0.05, 0.1) is 11.7 Å². The van der Waals surface area contributed by atoms with E-state index in [1.807, 2.05) is 0 Å². The number of hydrogen-bond donors (Lipinski definition) is 1. The number of hydrogen-bond acceptors (Lipinski definition) is 3. The smallest absolute Gasteiger partial charge is 0.137 e. The fraction of sp³-hybridized carbons (Fsp3) is 0.500. The Balaban J connectivity index is 1.89. The third kappa shape index (κ3) is 1.99. The zero-order valence-corrected chi connectivity index (χ0v) is 8.79. The van der Waals surface area contributed by atoms with E-state index >= 15 is 0 Å². The Kier molecular flexibility index (Phi) is 2.37. The zero-order valence-electron chi connectivity index (χ0n) is 8.03. The molecule has 0 spiro atoms. The summed E-state index contributed by atoms with van der Waals surface area (Å²) in [6, 6.07) is 3.50. The zero-order chi connectivity index (χ0) is 10.2. The van der Waals surface area contributed by atoms with Crippen LogP contribution in [0.2, 0.25) is 5.15 Å². The third-order valence-electron chi connectivity index (χ3n) is 2.72. The van der Waals surface area contributed by atoms with Crippen LogP contribution in [0.25, 0.3) is 0 Å². The van der Waals surface area contributed by atoms with Crippen molar-refractivity contribution >= 4 is 11.6 Å². The van der Waals surface area contributed by atoms with Gasteiger partial charge < -0.3 is 10.5 Å². The lowest BCUT2D eigenvalue weighted by Gasteiger charge is -2.11. The predicted octanol–water partition coefficient (Wildman–Crippen LogP) is 1.85. The number of rotatable bonds is 3. The molecule has 0 saturated heterocycles. The molecule has 1 aromatic rings. The Morgan fingerprint density at radius 2 is 2.43 bits per heavy atom. The Bertz CT molecular complexity index is 327. The molecule has 1 aromatic heterocycles. The first-order valence-electron chi connectivity index (χ1n) is 4.63. The fourth-order valence-electron chi connectivity index (χ4n) is 1.38. The van der Waals surface area contributed by atoms with E-state index in [2.05, 4.69) is 11.9 Å². The molecule has 1 aliphatic carbocycles. The highest BCUT2D eigenvalue weighted by atomic mass is 35.5. The van der Waals surface area contributed by atoms with Crippen LogP contribution in [0.4, 0.5) is 0 Å². The molecule has 0 aromatic carbocycles. The Labute approximate surface area is 88.2 Å². The Morgan fingerprint density at radius 3 is 2.93 bits per heavy atom. The van der Waals surface area contributed by atoms with E-state index in [0.29, 0.717) is 17.7 Å². The second-order valence-corrected chi connectivity index (χ2v) is 4.33. The van der Waals surface area contributed by atoms with Gasteiger partial charge in [0.15, 0.2) is 0 Å². The van der Waals surface area contributed by atoms with Crippen LogP contribution in [0.3, 0.4) is 0 Å². The molecule has 76 valence electrons. The van der Waals surface area contributed by atoms with Crippen molar-refractivity contribution in [1.82, 2.24) is 4.98 Å². The molecule has 1 fully saturated rings. The minimum absolute atomic E-state index is 0.125. The average molecular weight is 213 g/mol. The van der Waals surface area contributed by atoms with Gasteiger partial charge in [0.25, 0.3) is 0 Å². The van der Waals surface area contributed by atoms with Gasteiger partial charge >= 0.3 is 0 Å². The summed E-state index contributed by atoms with van der Waals surface area (Å²) < 4.78 is 5.51. The largest absolute Gasteiger partial charge is 0.490 e. The molecule has 3 nitrogen and oxygen atoms in total. The summed E-state index contributed by atoms with van der Waals surface area (Å²) in [7, 11) is 0. The minimum Gasteiger partial charge on any atom is -0.490 e. The van der Waals surface area contributed by atoms with Crippen molar-refractivity contribution in [3.8, 4) is 5.75 Å². The molecule has 0 aliphatic heterocycles. The topological polar surface area (TPSA) is 48.1 Å². The van der Waals surface area contributed by atoms with Crippen molar-refractivity contribution in [2.75, 3.05) is 6.61 Å². The molecule has 1 heterocycles. The molecule has 1 aliphatic rings. The van der Waals surface area contributed by atoms with Crippen LogP contribution in [-0.4, -0.2) is 17.1 Å². The molecular weight excluding hydrogens is 200 g/mol. The van der Waals surface area contributed by atoms with Gasteiger partial charge in [-0.25, -0.2) is 4.98 Å². The number of ether oxygens (including phenoxy) is 1. The molecule has 0 bridgehead atoms. The van der Waals surface area contributed by atoms with E-state index in [1.54, 1.807) is 18.3 Å². The summed E-state index contributed by atoms with van der Waals surface area (Å²) in [5.41, 5.74) is 5.87. The number of pyridine rings is 1. The van der Waals surface area contributed by atoms with Crippen molar-refractivity contribution in [2.45, 2.75) is 18.9 Å². The lowest BCUT2D eigenvalue weighted by atomic mass is 10.2. The highest BCUT2D eigenvalue weighted by Gasteiger charge is 2.48. The van der Waals surface area contributed by atoms with Gasteiger partial charge in [-0.05, 0) is 24.5 Å². The first-order chi connectivity index (χ1) is 6.60. The van der Waals surface area contributed by atoms with Crippen molar-refractivity contribution in [3.63, 3.8) is 0 Å². The lowest BCUT2D eigenvalue weighted by molar-refractivity contribution is 0.270. The van der Waals surface area contributed by atoms with Gasteiger partial charge in [-0.15, -0.1) is 0 Å². The van der Waals surface area contributed by atoms with Crippen molar-refractivity contribution in [1.29, 1.82) is 0 Å². The van der Waals surface area contributed by atoms with Crippen molar-refractivity contribution < 1.29 is 4.74 Å². The first-order valence-corrected chi connectivity index (χ1v) is 5.01. The highest BCUT2D eigenvalue weighted by Crippen LogP contribution is 2.40. The normalized spacial score (nSPS) is 30.1. The monoisotopic (exact) mass is 212 g/mol. The molecule has 2 unspecified atom stereocenters. The van der Waals surface area contributed by atoms with Gasteiger partial charge in [0.2, 0.25) is 0 Å². The molecule has 2 rings (SSSR count). The molecule has 0 radical (unpaired) electrons. The summed E-state index contributed by atoms with van der Waals surface area (Å²) in [6.07, 6.45) is 2.65. The molecule has 2 N–H and O–H groups in total. The summed E-state index contributed by atoms with van der Waals surface area (Å²) >= 11 is 5.65. The van der Waals surface area contributed by atoms with E-state index < -0.39 is 0 Å². The van der Waals surface area contributed by atoms with Crippen LogP contribution in [0.5, 0.6) is 5.75 Å². The van der Waals surface area contributed by atoms with Gasteiger partial charge in [0.1, 0.15) is 17.5 Å². The summed E-state index contributed by atoms with van der Waals surface area (Å²) in [5.74, 6) is 1.28. The molecule has 1 saturated carbocycles.